The van der Waals surface area contributed by atoms with Gasteiger partial charge in [0, 0.05) is 5.56 Å². The van der Waals surface area contributed by atoms with Gasteiger partial charge in [-0.3, -0.25) is 4.72 Å². The molecule has 98 valence electrons. The number of carbonyl (C=O) groups is 1. The molecule has 0 aliphatic carbocycles. The molecule has 0 unspecified atom stereocenters. The number of carbonyl (C=O) groups excluding carboxylic acids is 1. The molecule has 6 nitrogen and oxygen atoms in total. The maximum atomic E-state index is 11.9. The van der Waals surface area contributed by atoms with Crippen molar-refractivity contribution >= 4 is 21.7 Å². The van der Waals surface area contributed by atoms with E-state index in [1.54, 1.807) is 25.1 Å². The lowest BCUT2D eigenvalue weighted by Crippen LogP contribution is -2.17. The van der Waals surface area contributed by atoms with Crippen molar-refractivity contribution in [2.45, 2.75) is 11.8 Å². The number of ether oxygens (including phenoxy) is 1. The Morgan fingerprint density at radius 2 is 2.11 bits per heavy atom. The molecule has 19 heavy (non-hydrogen) atoms. The highest BCUT2D eigenvalue weighted by Gasteiger charge is 2.33. The maximum absolute atomic E-state index is 11.9. The Morgan fingerprint density at radius 1 is 1.42 bits per heavy atom. The van der Waals surface area contributed by atoms with Gasteiger partial charge in [-0.2, -0.15) is 5.26 Å². The van der Waals surface area contributed by atoms with Crippen molar-refractivity contribution in [1.29, 1.82) is 5.26 Å². The van der Waals surface area contributed by atoms with Gasteiger partial charge in [0.2, 0.25) is 0 Å². The first-order valence-corrected chi connectivity index (χ1v) is 6.93. The maximum Gasteiger partial charge on any atom is 0.351 e. The molecule has 0 spiro atoms. The number of hydrogen-bond donors (Lipinski definition) is 1. The number of nitrogens with one attached hydrogen (secondary N) is 1. The van der Waals surface area contributed by atoms with E-state index in [0.717, 1.165) is 0 Å². The Kier molecular flexibility index (Phi) is 3.27. The molecule has 0 atom stereocenters. The number of rotatable bonds is 2. The SMILES string of the molecule is CCOC(=O)C(C#N)=C1NS(=O)(=O)c2ccccc21. The average molecular weight is 278 g/mol. The summed E-state index contributed by atoms with van der Waals surface area (Å²) >= 11 is 0. The van der Waals surface area contributed by atoms with E-state index in [-0.39, 0.29) is 22.8 Å². The molecule has 0 bridgehead atoms. The van der Waals surface area contributed by atoms with Gasteiger partial charge < -0.3 is 4.74 Å². The Balaban J connectivity index is 2.66. The van der Waals surface area contributed by atoms with Crippen molar-refractivity contribution in [3.8, 4) is 6.07 Å². The topological polar surface area (TPSA) is 96.3 Å². The fourth-order valence-electron chi connectivity index (χ4n) is 1.74. The predicted octanol–water partition coefficient (Wildman–Crippen LogP) is 0.776. The average Bonchev–Trinajstić information content (AvgIpc) is 2.64. The molecule has 0 radical (unpaired) electrons. The molecule has 0 aromatic heterocycles. The number of fused-ring (bicyclic) bond motifs is 1. The molecule has 0 saturated heterocycles. The van der Waals surface area contributed by atoms with Gasteiger partial charge in [0.25, 0.3) is 10.0 Å². The minimum atomic E-state index is -3.73. The highest BCUT2D eigenvalue weighted by atomic mass is 32.2. The van der Waals surface area contributed by atoms with Crippen LogP contribution >= 0.6 is 0 Å². The summed E-state index contributed by atoms with van der Waals surface area (Å²) in [6.07, 6.45) is 0. The van der Waals surface area contributed by atoms with Crippen LogP contribution in [-0.4, -0.2) is 21.0 Å². The van der Waals surface area contributed by atoms with Gasteiger partial charge in [0.05, 0.1) is 17.2 Å². The minimum absolute atomic E-state index is 0.0310. The first-order valence-electron chi connectivity index (χ1n) is 5.45. The van der Waals surface area contributed by atoms with Crippen LogP contribution in [-0.2, 0) is 19.6 Å². The Morgan fingerprint density at radius 3 is 2.74 bits per heavy atom. The lowest BCUT2D eigenvalue weighted by atomic mass is 10.1. The van der Waals surface area contributed by atoms with Crippen molar-refractivity contribution in [2.75, 3.05) is 6.61 Å². The van der Waals surface area contributed by atoms with Gasteiger partial charge in [0.1, 0.15) is 6.07 Å². The standard InChI is InChI=1S/C12H10N2O4S/c1-2-18-12(15)9(7-13)11-8-5-3-4-6-10(8)19(16,17)14-11/h3-6,14H,2H2,1H3. The second-order valence-electron chi connectivity index (χ2n) is 3.68. The first kappa shape index (κ1) is 13.1. The molecule has 0 fully saturated rings. The van der Waals surface area contributed by atoms with Gasteiger partial charge >= 0.3 is 5.97 Å². The van der Waals surface area contributed by atoms with Gasteiger partial charge in [0.15, 0.2) is 5.57 Å². The third-order valence-corrected chi connectivity index (χ3v) is 3.93. The summed E-state index contributed by atoms with van der Waals surface area (Å²) in [5.74, 6) is -0.848. The van der Waals surface area contributed by atoms with Gasteiger partial charge in [-0.05, 0) is 13.0 Å². The van der Waals surface area contributed by atoms with E-state index in [1.807, 2.05) is 0 Å². The van der Waals surface area contributed by atoms with Gasteiger partial charge in [-0.15, -0.1) is 0 Å². The molecule has 0 saturated carbocycles. The van der Waals surface area contributed by atoms with Crippen LogP contribution in [0.5, 0.6) is 0 Å². The Hall–Kier alpha value is -2.33. The van der Waals surface area contributed by atoms with Gasteiger partial charge in [-0.1, -0.05) is 18.2 Å². The van der Waals surface area contributed by atoms with E-state index in [9.17, 15) is 13.2 Å². The number of hydrogen-bond acceptors (Lipinski definition) is 5. The summed E-state index contributed by atoms with van der Waals surface area (Å²) in [5, 5.41) is 9.04. The summed E-state index contributed by atoms with van der Waals surface area (Å²) in [5.41, 5.74) is -0.0842. The number of sulfonamides is 1. The lowest BCUT2D eigenvalue weighted by molar-refractivity contribution is -0.137. The quantitative estimate of drug-likeness (QED) is 0.490. The van der Waals surface area contributed by atoms with E-state index in [2.05, 4.69) is 4.72 Å². The van der Waals surface area contributed by atoms with Crippen LogP contribution in [0.1, 0.15) is 12.5 Å². The zero-order valence-electron chi connectivity index (χ0n) is 10.0. The summed E-state index contributed by atoms with van der Waals surface area (Å²) in [6.45, 7) is 1.70. The van der Waals surface area contributed by atoms with E-state index in [0.29, 0.717) is 5.56 Å². The van der Waals surface area contributed by atoms with Crippen LogP contribution in [0.4, 0.5) is 0 Å². The van der Waals surface area contributed by atoms with E-state index >= 15 is 0 Å². The highest BCUT2D eigenvalue weighted by molar-refractivity contribution is 7.90. The molecule has 1 aliphatic heterocycles. The smallest absolute Gasteiger partial charge is 0.351 e. The van der Waals surface area contributed by atoms with Crippen LogP contribution in [0, 0.1) is 11.3 Å². The molecule has 1 aromatic carbocycles. The monoisotopic (exact) mass is 278 g/mol. The minimum Gasteiger partial charge on any atom is -0.462 e. The zero-order valence-corrected chi connectivity index (χ0v) is 10.8. The van der Waals surface area contributed by atoms with Crippen molar-refractivity contribution in [3.05, 3.63) is 35.4 Å². The summed E-state index contributed by atoms with van der Waals surface area (Å²) in [4.78, 5) is 11.7. The second-order valence-corrected chi connectivity index (χ2v) is 5.33. The fourth-order valence-corrected chi connectivity index (χ4v) is 3.05. The summed E-state index contributed by atoms with van der Waals surface area (Å²) in [6, 6.07) is 7.81. The first-order chi connectivity index (χ1) is 9.01. The molecular weight excluding hydrogens is 268 g/mol. The molecular formula is C12H10N2O4S. The second kappa shape index (κ2) is 4.74. The molecule has 2 rings (SSSR count). The van der Waals surface area contributed by atoms with E-state index in [1.165, 1.54) is 12.1 Å². The van der Waals surface area contributed by atoms with Crippen LogP contribution in [0.25, 0.3) is 5.70 Å². The normalized spacial score (nSPS) is 17.9. The van der Waals surface area contributed by atoms with Crippen LogP contribution in [0.2, 0.25) is 0 Å². The summed E-state index contributed by atoms with van der Waals surface area (Å²) in [7, 11) is -3.73. The van der Waals surface area contributed by atoms with Gasteiger partial charge in [-0.25, -0.2) is 13.2 Å². The molecule has 7 heteroatoms. The van der Waals surface area contributed by atoms with Crippen LogP contribution in [0.15, 0.2) is 34.7 Å². The predicted molar refractivity (Wildman–Crippen MR) is 65.9 cm³/mol. The highest BCUT2D eigenvalue weighted by Crippen LogP contribution is 2.31. The largest absolute Gasteiger partial charge is 0.462 e. The third kappa shape index (κ3) is 2.18. The van der Waals surface area contributed by atoms with Crippen LogP contribution in [0.3, 0.4) is 0 Å². The van der Waals surface area contributed by atoms with E-state index in [4.69, 9.17) is 10.00 Å². The third-order valence-electron chi connectivity index (χ3n) is 2.52. The molecule has 1 aromatic rings. The summed E-state index contributed by atoms with van der Waals surface area (Å²) < 4.78 is 30.7. The zero-order chi connectivity index (χ0) is 14.0. The molecule has 1 heterocycles. The Bertz CT molecular complexity index is 713. The molecule has 1 aliphatic rings. The fraction of sp³-hybridized carbons (Fsp3) is 0.167. The van der Waals surface area contributed by atoms with E-state index < -0.39 is 16.0 Å². The van der Waals surface area contributed by atoms with Crippen molar-refractivity contribution in [1.82, 2.24) is 4.72 Å². The molecule has 1 N–H and O–H groups in total. The van der Waals surface area contributed by atoms with Crippen molar-refractivity contribution in [2.24, 2.45) is 0 Å². The number of benzene rings is 1. The number of nitrogens with zero attached hydrogens (tertiary/aromatic N) is 1. The van der Waals surface area contributed by atoms with Crippen LogP contribution < -0.4 is 4.72 Å². The number of esters is 1. The van der Waals surface area contributed by atoms with Crippen molar-refractivity contribution in [3.63, 3.8) is 0 Å². The Labute approximate surface area is 110 Å². The lowest BCUT2D eigenvalue weighted by Gasteiger charge is -2.04. The van der Waals surface area contributed by atoms with Crippen molar-refractivity contribution < 1.29 is 17.9 Å². The number of nitriles is 1. The molecule has 0 amide bonds.